The molecule has 5 rings (SSSR count). The molecule has 1 aliphatic carbocycles. The Hall–Kier alpha value is -2.14. The number of piperazine rings is 1. The fourth-order valence-electron chi connectivity index (χ4n) is 4.49. The predicted molar refractivity (Wildman–Crippen MR) is 84.9 cm³/mol. The van der Waals surface area contributed by atoms with E-state index in [-0.39, 0.29) is 5.91 Å². The molecule has 0 radical (unpaired) electrons. The molecule has 2 atom stereocenters. The van der Waals surface area contributed by atoms with Crippen LogP contribution in [0.5, 0.6) is 0 Å². The van der Waals surface area contributed by atoms with Crippen molar-refractivity contribution in [3.8, 4) is 11.3 Å². The number of hydrogen-bond acceptors (Lipinski definition) is 4. The number of amides is 1. The molecule has 118 valence electrons. The zero-order chi connectivity index (χ0) is 15.4. The quantitative estimate of drug-likeness (QED) is 0.855. The minimum atomic E-state index is 0.0200. The van der Waals surface area contributed by atoms with E-state index < -0.39 is 0 Å². The van der Waals surface area contributed by atoms with Gasteiger partial charge in [-0.05, 0) is 19.3 Å². The van der Waals surface area contributed by atoms with Crippen LogP contribution in [0.3, 0.4) is 0 Å². The molecule has 3 heterocycles. The number of benzene rings is 1. The zero-order valence-electron chi connectivity index (χ0n) is 12.9. The van der Waals surface area contributed by atoms with Crippen LogP contribution >= 0.6 is 0 Å². The molecule has 0 bridgehead atoms. The van der Waals surface area contributed by atoms with Crippen LogP contribution < -0.4 is 0 Å². The Labute approximate surface area is 134 Å². The van der Waals surface area contributed by atoms with E-state index in [1.807, 2.05) is 35.2 Å². The molecule has 5 heteroatoms. The van der Waals surface area contributed by atoms with Crippen molar-refractivity contribution in [3.05, 3.63) is 42.1 Å². The summed E-state index contributed by atoms with van der Waals surface area (Å²) in [4.78, 5) is 17.5. The zero-order valence-corrected chi connectivity index (χ0v) is 12.9. The fourth-order valence-corrected chi connectivity index (χ4v) is 4.49. The summed E-state index contributed by atoms with van der Waals surface area (Å²) in [5, 5.41) is 4.03. The van der Waals surface area contributed by atoms with Gasteiger partial charge >= 0.3 is 0 Å². The summed E-state index contributed by atoms with van der Waals surface area (Å²) in [7, 11) is 0. The minimum absolute atomic E-state index is 0.0200. The van der Waals surface area contributed by atoms with Crippen LogP contribution in [-0.2, 0) is 0 Å². The van der Waals surface area contributed by atoms with Gasteiger partial charge in [-0.3, -0.25) is 9.69 Å². The molecule has 1 amide bonds. The summed E-state index contributed by atoms with van der Waals surface area (Å²) in [5.74, 6) is 0.672. The maximum Gasteiger partial charge on any atom is 0.276 e. The smallest absolute Gasteiger partial charge is 0.276 e. The van der Waals surface area contributed by atoms with Crippen molar-refractivity contribution < 1.29 is 9.32 Å². The second-order valence-electron chi connectivity index (χ2n) is 6.84. The van der Waals surface area contributed by atoms with E-state index in [1.54, 1.807) is 6.07 Å². The molecule has 1 aromatic heterocycles. The predicted octanol–water partition coefficient (Wildman–Crippen LogP) is 2.40. The first-order valence-electron chi connectivity index (χ1n) is 8.36. The molecule has 2 unspecified atom stereocenters. The monoisotopic (exact) mass is 309 g/mol. The summed E-state index contributed by atoms with van der Waals surface area (Å²) < 4.78 is 5.40. The summed E-state index contributed by atoms with van der Waals surface area (Å²) >= 11 is 0. The molecule has 3 fully saturated rings. The second-order valence-corrected chi connectivity index (χ2v) is 6.84. The van der Waals surface area contributed by atoms with Gasteiger partial charge < -0.3 is 9.42 Å². The van der Waals surface area contributed by atoms with Crippen LogP contribution in [0.25, 0.3) is 11.3 Å². The normalized spacial score (nSPS) is 29.2. The Morgan fingerprint density at radius 3 is 2.74 bits per heavy atom. The number of rotatable bonds is 2. The van der Waals surface area contributed by atoms with Crippen molar-refractivity contribution in [2.45, 2.75) is 30.8 Å². The van der Waals surface area contributed by atoms with E-state index in [0.29, 0.717) is 23.0 Å². The maximum absolute atomic E-state index is 12.9. The van der Waals surface area contributed by atoms with Crippen LogP contribution in [0.15, 0.2) is 40.9 Å². The molecule has 1 saturated carbocycles. The van der Waals surface area contributed by atoms with Gasteiger partial charge in [0, 0.05) is 36.8 Å². The van der Waals surface area contributed by atoms with Crippen LogP contribution in [0.1, 0.15) is 29.8 Å². The lowest BCUT2D eigenvalue weighted by molar-refractivity contribution is -0.161. The summed E-state index contributed by atoms with van der Waals surface area (Å²) in [5.41, 5.74) is 1.67. The highest BCUT2D eigenvalue weighted by Crippen LogP contribution is 2.51. The van der Waals surface area contributed by atoms with Crippen molar-refractivity contribution in [1.29, 1.82) is 0 Å². The molecule has 5 nitrogen and oxygen atoms in total. The SMILES string of the molecule is O=C(c1cc(-c2ccccc2)on1)N1CCN2CCC23CCC13. The van der Waals surface area contributed by atoms with Gasteiger partial charge in [0.05, 0.1) is 6.04 Å². The molecule has 2 aliphatic heterocycles. The Bertz CT molecular complexity index is 753. The van der Waals surface area contributed by atoms with Gasteiger partial charge in [-0.15, -0.1) is 0 Å². The van der Waals surface area contributed by atoms with E-state index in [4.69, 9.17) is 4.52 Å². The molecule has 2 aromatic rings. The summed E-state index contributed by atoms with van der Waals surface area (Å²) in [6.45, 7) is 2.99. The molecule has 1 aromatic carbocycles. The Balaban J connectivity index is 1.40. The number of carbonyl (C=O) groups is 1. The van der Waals surface area contributed by atoms with Crippen molar-refractivity contribution in [1.82, 2.24) is 15.0 Å². The molecular weight excluding hydrogens is 290 g/mol. The van der Waals surface area contributed by atoms with Crippen LogP contribution in [-0.4, -0.2) is 52.1 Å². The standard InChI is InChI=1S/C18H19N3O2/c22-17(14-12-15(23-19-14)13-4-2-1-3-5-13)21-11-10-20-9-8-18(20)7-6-16(18)21/h1-5,12,16H,6-11H2. The van der Waals surface area contributed by atoms with Gasteiger partial charge in [-0.2, -0.15) is 0 Å². The van der Waals surface area contributed by atoms with Crippen molar-refractivity contribution in [2.24, 2.45) is 0 Å². The number of aromatic nitrogens is 1. The van der Waals surface area contributed by atoms with E-state index in [0.717, 1.165) is 25.1 Å². The first kappa shape index (κ1) is 13.3. The Morgan fingerprint density at radius 2 is 2.04 bits per heavy atom. The highest BCUT2D eigenvalue weighted by Gasteiger charge is 2.61. The molecule has 1 spiro atoms. The van der Waals surface area contributed by atoms with Crippen LogP contribution in [0.4, 0.5) is 0 Å². The molecule has 2 saturated heterocycles. The lowest BCUT2D eigenvalue weighted by atomic mass is 9.61. The van der Waals surface area contributed by atoms with Crippen LogP contribution in [0.2, 0.25) is 0 Å². The first-order valence-corrected chi connectivity index (χ1v) is 8.36. The fraction of sp³-hybridized carbons (Fsp3) is 0.444. The third-order valence-electron chi connectivity index (χ3n) is 5.95. The van der Waals surface area contributed by atoms with Crippen molar-refractivity contribution in [3.63, 3.8) is 0 Å². The van der Waals surface area contributed by atoms with Gasteiger partial charge in [-0.25, -0.2) is 0 Å². The van der Waals surface area contributed by atoms with Crippen molar-refractivity contribution >= 4 is 5.91 Å². The van der Waals surface area contributed by atoms with Gasteiger partial charge in [0.2, 0.25) is 0 Å². The summed E-state index contributed by atoms with van der Waals surface area (Å²) in [6.07, 6.45) is 3.58. The summed E-state index contributed by atoms with van der Waals surface area (Å²) in [6, 6.07) is 11.9. The molecule has 0 N–H and O–H groups in total. The third-order valence-corrected chi connectivity index (χ3v) is 5.95. The number of hydrogen-bond donors (Lipinski definition) is 0. The lowest BCUT2D eigenvalue weighted by Crippen LogP contribution is -2.79. The molecule has 23 heavy (non-hydrogen) atoms. The molecule has 3 aliphatic rings. The first-order chi connectivity index (χ1) is 11.3. The molecular formula is C18H19N3O2. The topological polar surface area (TPSA) is 49.6 Å². The largest absolute Gasteiger partial charge is 0.355 e. The van der Waals surface area contributed by atoms with Gasteiger partial charge in [0.25, 0.3) is 5.91 Å². The average molecular weight is 309 g/mol. The van der Waals surface area contributed by atoms with Gasteiger partial charge in [0.1, 0.15) is 0 Å². The van der Waals surface area contributed by atoms with Crippen LogP contribution in [0, 0.1) is 0 Å². The van der Waals surface area contributed by atoms with E-state index in [9.17, 15) is 4.79 Å². The van der Waals surface area contributed by atoms with E-state index >= 15 is 0 Å². The highest BCUT2D eigenvalue weighted by atomic mass is 16.5. The number of nitrogens with zero attached hydrogens (tertiary/aromatic N) is 3. The number of carbonyl (C=O) groups excluding carboxylic acids is 1. The van der Waals surface area contributed by atoms with Crippen molar-refractivity contribution in [2.75, 3.05) is 19.6 Å². The third kappa shape index (κ3) is 1.77. The highest BCUT2D eigenvalue weighted by molar-refractivity contribution is 5.93. The lowest BCUT2D eigenvalue weighted by Gasteiger charge is -2.68. The van der Waals surface area contributed by atoms with E-state index in [1.165, 1.54) is 19.4 Å². The maximum atomic E-state index is 12.9. The van der Waals surface area contributed by atoms with Gasteiger partial charge in [0.15, 0.2) is 11.5 Å². The Kier molecular flexibility index (Phi) is 2.71. The van der Waals surface area contributed by atoms with E-state index in [2.05, 4.69) is 10.1 Å². The van der Waals surface area contributed by atoms with Gasteiger partial charge in [-0.1, -0.05) is 35.5 Å². The minimum Gasteiger partial charge on any atom is -0.355 e. The average Bonchev–Trinajstić information content (AvgIpc) is 3.01. The Morgan fingerprint density at radius 1 is 1.17 bits per heavy atom. The second kappa shape index (κ2) is 4.68.